The maximum atomic E-state index is 12.3. The largest absolute Gasteiger partial charge is 0.331 e. The fourth-order valence-electron chi connectivity index (χ4n) is 3.22. The smallest absolute Gasteiger partial charge is 0.244 e. The second-order valence-corrected chi connectivity index (χ2v) is 5.89. The van der Waals surface area contributed by atoms with Crippen LogP contribution in [0.4, 0.5) is 5.69 Å². The number of hydrogen-bond donors (Lipinski definition) is 2. The van der Waals surface area contributed by atoms with Crippen LogP contribution in [0, 0.1) is 12.8 Å². The topological polar surface area (TPSA) is 61.4 Å². The van der Waals surface area contributed by atoms with E-state index in [0.29, 0.717) is 6.54 Å². The second-order valence-electron chi connectivity index (χ2n) is 5.89. The van der Waals surface area contributed by atoms with Crippen LogP contribution in [0.2, 0.25) is 0 Å². The van der Waals surface area contributed by atoms with Gasteiger partial charge in [-0.2, -0.15) is 0 Å². The number of benzene rings is 1. The van der Waals surface area contributed by atoms with Crippen molar-refractivity contribution in [2.75, 3.05) is 25.0 Å². The number of nitrogens with one attached hydrogen (secondary N) is 2. The highest BCUT2D eigenvalue weighted by molar-refractivity contribution is 5.96. The molecule has 112 valence electrons. The summed E-state index contributed by atoms with van der Waals surface area (Å²) in [5.41, 5.74) is 1.83. The van der Waals surface area contributed by atoms with E-state index in [0.717, 1.165) is 30.6 Å². The van der Waals surface area contributed by atoms with E-state index in [4.69, 9.17) is 0 Å². The number of nitrogens with zero attached hydrogens (tertiary/aromatic N) is 1. The molecule has 0 spiro atoms. The predicted octanol–water partition coefficient (Wildman–Crippen LogP) is 1.14. The normalized spacial score (nSPS) is 24.8. The number of amides is 2. The molecule has 1 aromatic carbocycles. The Morgan fingerprint density at radius 3 is 3.00 bits per heavy atom. The molecule has 2 amide bonds. The van der Waals surface area contributed by atoms with Crippen LogP contribution in [-0.4, -0.2) is 42.4 Å². The van der Waals surface area contributed by atoms with E-state index in [1.807, 2.05) is 31.2 Å². The van der Waals surface area contributed by atoms with Crippen LogP contribution < -0.4 is 10.6 Å². The predicted molar refractivity (Wildman–Crippen MR) is 80.9 cm³/mol. The van der Waals surface area contributed by atoms with Gasteiger partial charge < -0.3 is 15.5 Å². The molecule has 0 aliphatic carbocycles. The first-order valence-corrected chi connectivity index (χ1v) is 7.53. The molecule has 2 aliphatic rings. The minimum absolute atomic E-state index is 0.0602. The van der Waals surface area contributed by atoms with Crippen molar-refractivity contribution in [2.24, 2.45) is 5.92 Å². The fourth-order valence-corrected chi connectivity index (χ4v) is 3.22. The average Bonchev–Trinajstić information content (AvgIpc) is 2.78. The minimum atomic E-state index is -0.128. The molecule has 0 aromatic heterocycles. The van der Waals surface area contributed by atoms with Gasteiger partial charge in [0.25, 0.3) is 0 Å². The lowest BCUT2D eigenvalue weighted by Gasteiger charge is -2.23. The van der Waals surface area contributed by atoms with Crippen molar-refractivity contribution in [3.8, 4) is 0 Å². The summed E-state index contributed by atoms with van der Waals surface area (Å²) in [4.78, 5) is 26.1. The lowest BCUT2D eigenvalue weighted by Crippen LogP contribution is -2.41. The Bertz CT molecular complexity index is 558. The van der Waals surface area contributed by atoms with E-state index >= 15 is 0 Å². The van der Waals surface area contributed by atoms with E-state index in [2.05, 4.69) is 10.6 Å². The van der Waals surface area contributed by atoms with Crippen LogP contribution in [0.15, 0.2) is 24.3 Å². The van der Waals surface area contributed by atoms with Gasteiger partial charge >= 0.3 is 0 Å². The third kappa shape index (κ3) is 2.93. The fraction of sp³-hybridized carbons (Fsp3) is 0.500. The molecule has 5 heteroatoms. The van der Waals surface area contributed by atoms with Gasteiger partial charge in [-0.05, 0) is 37.9 Å². The molecule has 0 bridgehead atoms. The van der Waals surface area contributed by atoms with E-state index in [9.17, 15) is 9.59 Å². The van der Waals surface area contributed by atoms with Crippen molar-refractivity contribution in [2.45, 2.75) is 25.8 Å². The SMILES string of the molecule is Cc1ccccc1NC(=O)CN1CC2NCCCC2C1=O. The van der Waals surface area contributed by atoms with Crippen LogP contribution in [0.5, 0.6) is 0 Å². The number of anilines is 1. The number of fused-ring (bicyclic) bond motifs is 1. The maximum absolute atomic E-state index is 12.3. The van der Waals surface area contributed by atoms with E-state index < -0.39 is 0 Å². The van der Waals surface area contributed by atoms with E-state index in [1.54, 1.807) is 4.90 Å². The Morgan fingerprint density at radius 1 is 1.43 bits per heavy atom. The summed E-state index contributed by atoms with van der Waals surface area (Å²) < 4.78 is 0. The third-order valence-electron chi connectivity index (χ3n) is 4.38. The maximum Gasteiger partial charge on any atom is 0.244 e. The Labute approximate surface area is 124 Å². The molecule has 0 radical (unpaired) electrons. The number of likely N-dealkylation sites (tertiary alicyclic amines) is 1. The lowest BCUT2D eigenvalue weighted by atomic mass is 9.94. The highest BCUT2D eigenvalue weighted by atomic mass is 16.2. The number of rotatable bonds is 3. The molecule has 2 unspecified atom stereocenters. The van der Waals surface area contributed by atoms with Crippen LogP contribution >= 0.6 is 0 Å². The van der Waals surface area contributed by atoms with Crippen LogP contribution in [-0.2, 0) is 9.59 Å². The zero-order valence-corrected chi connectivity index (χ0v) is 12.3. The van der Waals surface area contributed by atoms with Crippen molar-refractivity contribution in [3.05, 3.63) is 29.8 Å². The molecule has 2 atom stereocenters. The van der Waals surface area contributed by atoms with Gasteiger partial charge in [0.2, 0.25) is 11.8 Å². The molecule has 1 aromatic rings. The van der Waals surface area contributed by atoms with Gasteiger partial charge in [0.05, 0.1) is 12.5 Å². The van der Waals surface area contributed by atoms with Gasteiger partial charge in [-0.1, -0.05) is 18.2 Å². The zero-order chi connectivity index (χ0) is 14.8. The number of carbonyl (C=O) groups is 2. The third-order valence-corrected chi connectivity index (χ3v) is 4.38. The molecule has 2 heterocycles. The summed E-state index contributed by atoms with van der Waals surface area (Å²) in [5.74, 6) is 0.0495. The van der Waals surface area contributed by atoms with Gasteiger partial charge in [0.15, 0.2) is 0 Å². The van der Waals surface area contributed by atoms with Gasteiger partial charge in [-0.3, -0.25) is 9.59 Å². The van der Waals surface area contributed by atoms with Gasteiger partial charge in [0.1, 0.15) is 0 Å². The first-order chi connectivity index (χ1) is 10.1. The van der Waals surface area contributed by atoms with Crippen molar-refractivity contribution in [3.63, 3.8) is 0 Å². The van der Waals surface area contributed by atoms with Crippen molar-refractivity contribution < 1.29 is 9.59 Å². The van der Waals surface area contributed by atoms with E-state index in [-0.39, 0.29) is 30.3 Å². The van der Waals surface area contributed by atoms with Gasteiger partial charge in [-0.25, -0.2) is 0 Å². The lowest BCUT2D eigenvalue weighted by molar-refractivity contribution is -0.134. The summed E-state index contributed by atoms with van der Waals surface area (Å²) >= 11 is 0. The molecule has 21 heavy (non-hydrogen) atoms. The van der Waals surface area contributed by atoms with Gasteiger partial charge in [0, 0.05) is 18.3 Å². The van der Waals surface area contributed by atoms with Crippen LogP contribution in [0.1, 0.15) is 18.4 Å². The van der Waals surface area contributed by atoms with Crippen LogP contribution in [0.3, 0.4) is 0 Å². The second kappa shape index (κ2) is 5.85. The highest BCUT2D eigenvalue weighted by Crippen LogP contribution is 2.26. The highest BCUT2D eigenvalue weighted by Gasteiger charge is 2.41. The molecule has 2 aliphatic heterocycles. The van der Waals surface area contributed by atoms with Crippen molar-refractivity contribution in [1.82, 2.24) is 10.2 Å². The molecule has 5 nitrogen and oxygen atoms in total. The van der Waals surface area contributed by atoms with Crippen molar-refractivity contribution in [1.29, 1.82) is 0 Å². The Morgan fingerprint density at radius 2 is 2.24 bits per heavy atom. The molecule has 3 rings (SSSR count). The molecular weight excluding hydrogens is 266 g/mol. The Hall–Kier alpha value is -1.88. The van der Waals surface area contributed by atoms with Crippen molar-refractivity contribution >= 4 is 17.5 Å². The summed E-state index contributed by atoms with van der Waals surface area (Å²) in [5, 5.41) is 6.27. The zero-order valence-electron chi connectivity index (χ0n) is 12.3. The van der Waals surface area contributed by atoms with Crippen LogP contribution in [0.25, 0.3) is 0 Å². The number of piperidine rings is 1. The number of carbonyl (C=O) groups excluding carboxylic acids is 2. The summed E-state index contributed by atoms with van der Waals surface area (Å²) in [6, 6.07) is 7.88. The molecule has 2 N–H and O–H groups in total. The Kier molecular flexibility index (Phi) is 3.92. The Balaban J connectivity index is 1.60. The first-order valence-electron chi connectivity index (χ1n) is 7.53. The number of para-hydroxylation sites is 1. The molecule has 2 fully saturated rings. The number of hydrogen-bond acceptors (Lipinski definition) is 3. The van der Waals surface area contributed by atoms with Gasteiger partial charge in [-0.15, -0.1) is 0 Å². The summed E-state index contributed by atoms with van der Waals surface area (Å²) in [6.07, 6.45) is 1.97. The number of aryl methyl sites for hydroxylation is 1. The summed E-state index contributed by atoms with van der Waals surface area (Å²) in [7, 11) is 0. The standard InChI is InChI=1S/C16H21N3O2/c1-11-5-2-3-7-13(11)18-15(20)10-19-9-14-12(16(19)21)6-4-8-17-14/h2-3,5,7,12,14,17H,4,6,8-10H2,1H3,(H,18,20). The first kappa shape index (κ1) is 14.1. The summed E-state index contributed by atoms with van der Waals surface area (Å²) in [6.45, 7) is 3.71. The molecule has 0 saturated carbocycles. The quantitative estimate of drug-likeness (QED) is 0.876. The molecular formula is C16H21N3O2. The van der Waals surface area contributed by atoms with E-state index in [1.165, 1.54) is 0 Å². The molecule has 2 saturated heterocycles. The minimum Gasteiger partial charge on any atom is -0.331 e. The average molecular weight is 287 g/mol. The monoisotopic (exact) mass is 287 g/mol.